The minimum absolute atomic E-state index is 0.0637. The lowest BCUT2D eigenvalue weighted by atomic mass is 10.2. The number of aliphatic hydroxyl groups is 1. The van der Waals surface area contributed by atoms with Crippen molar-refractivity contribution in [3.63, 3.8) is 0 Å². The molecule has 1 aliphatic heterocycles. The van der Waals surface area contributed by atoms with Crippen molar-refractivity contribution in [3.05, 3.63) is 30.1 Å². The Labute approximate surface area is 135 Å². The quantitative estimate of drug-likeness (QED) is 0.854. The van der Waals surface area contributed by atoms with Crippen LogP contribution >= 0.6 is 0 Å². The van der Waals surface area contributed by atoms with Gasteiger partial charge in [0.1, 0.15) is 11.6 Å². The van der Waals surface area contributed by atoms with Gasteiger partial charge in [-0.05, 0) is 19.1 Å². The molecule has 0 aromatic carbocycles. The fourth-order valence-electron chi connectivity index (χ4n) is 2.47. The van der Waals surface area contributed by atoms with Crippen LogP contribution in [0.1, 0.15) is 5.69 Å². The van der Waals surface area contributed by atoms with Crippen LogP contribution in [0.3, 0.4) is 0 Å². The minimum atomic E-state index is 0.0637. The summed E-state index contributed by atoms with van der Waals surface area (Å²) in [5.74, 6) is 2.29. The number of pyridine rings is 1. The van der Waals surface area contributed by atoms with Crippen molar-refractivity contribution in [2.24, 2.45) is 0 Å². The van der Waals surface area contributed by atoms with E-state index < -0.39 is 0 Å². The zero-order valence-electron chi connectivity index (χ0n) is 13.2. The lowest BCUT2D eigenvalue weighted by Gasteiger charge is -2.27. The first kappa shape index (κ1) is 15.6. The number of aliphatic hydroxyl groups excluding tert-OH is 1. The number of anilines is 2. The molecule has 7 nitrogen and oxygen atoms in total. The molecule has 2 aromatic rings. The van der Waals surface area contributed by atoms with Gasteiger partial charge in [-0.3, -0.25) is 0 Å². The van der Waals surface area contributed by atoms with E-state index in [4.69, 9.17) is 9.84 Å². The molecule has 0 unspecified atom stereocenters. The van der Waals surface area contributed by atoms with Crippen molar-refractivity contribution in [1.82, 2.24) is 15.0 Å². The molecule has 0 bridgehead atoms. The van der Waals surface area contributed by atoms with Gasteiger partial charge in [0, 0.05) is 43.2 Å². The van der Waals surface area contributed by atoms with Crippen LogP contribution in [-0.4, -0.2) is 59.5 Å². The van der Waals surface area contributed by atoms with Crippen molar-refractivity contribution >= 4 is 11.6 Å². The number of nitrogens with zero attached hydrogens (tertiary/aromatic N) is 4. The van der Waals surface area contributed by atoms with Crippen LogP contribution in [0.2, 0.25) is 0 Å². The summed E-state index contributed by atoms with van der Waals surface area (Å²) in [6.45, 7) is 5.66. The molecule has 1 fully saturated rings. The standard InChI is InChI=1S/C16H21N5O2/c1-12-10-14(17-4-7-22)20-16(19-12)13-2-3-15(18-11-13)21-5-8-23-9-6-21/h2-3,10-11,22H,4-9H2,1H3,(H,17,19,20). The predicted octanol–water partition coefficient (Wildman–Crippen LogP) is 1.09. The van der Waals surface area contributed by atoms with Crippen LogP contribution in [0.4, 0.5) is 11.6 Å². The molecular formula is C16H21N5O2. The zero-order valence-corrected chi connectivity index (χ0v) is 13.2. The zero-order chi connectivity index (χ0) is 16.1. The third-order valence-electron chi connectivity index (χ3n) is 3.61. The van der Waals surface area contributed by atoms with E-state index in [-0.39, 0.29) is 6.61 Å². The number of aryl methyl sites for hydroxylation is 1. The molecule has 0 spiro atoms. The molecule has 2 N–H and O–H groups in total. The molecule has 23 heavy (non-hydrogen) atoms. The molecule has 0 atom stereocenters. The summed E-state index contributed by atoms with van der Waals surface area (Å²) in [5, 5.41) is 12.0. The van der Waals surface area contributed by atoms with E-state index in [9.17, 15) is 0 Å². The number of ether oxygens (including phenoxy) is 1. The van der Waals surface area contributed by atoms with Gasteiger partial charge in [-0.25, -0.2) is 15.0 Å². The van der Waals surface area contributed by atoms with E-state index in [1.165, 1.54) is 0 Å². The van der Waals surface area contributed by atoms with Crippen LogP contribution in [0.15, 0.2) is 24.4 Å². The summed E-state index contributed by atoms with van der Waals surface area (Å²) in [6, 6.07) is 5.84. The third-order valence-corrected chi connectivity index (χ3v) is 3.61. The van der Waals surface area contributed by atoms with Crippen molar-refractivity contribution in [3.8, 4) is 11.4 Å². The average Bonchev–Trinajstić information content (AvgIpc) is 2.60. The lowest BCUT2D eigenvalue weighted by Crippen LogP contribution is -2.36. The Morgan fingerprint density at radius 3 is 2.78 bits per heavy atom. The van der Waals surface area contributed by atoms with Crippen LogP contribution in [-0.2, 0) is 4.74 Å². The number of aromatic nitrogens is 3. The fourth-order valence-corrected chi connectivity index (χ4v) is 2.47. The lowest BCUT2D eigenvalue weighted by molar-refractivity contribution is 0.122. The first-order valence-electron chi connectivity index (χ1n) is 7.76. The molecule has 1 aliphatic rings. The summed E-state index contributed by atoms with van der Waals surface area (Å²) in [5.41, 5.74) is 1.74. The van der Waals surface area contributed by atoms with E-state index in [2.05, 4.69) is 25.2 Å². The summed E-state index contributed by atoms with van der Waals surface area (Å²) in [6.07, 6.45) is 1.80. The van der Waals surface area contributed by atoms with Gasteiger partial charge in [0.05, 0.1) is 19.8 Å². The maximum Gasteiger partial charge on any atom is 0.163 e. The highest BCUT2D eigenvalue weighted by Gasteiger charge is 2.13. The van der Waals surface area contributed by atoms with Crippen molar-refractivity contribution in [2.45, 2.75) is 6.92 Å². The fraction of sp³-hybridized carbons (Fsp3) is 0.438. The molecular weight excluding hydrogens is 294 g/mol. The SMILES string of the molecule is Cc1cc(NCCO)nc(-c2ccc(N3CCOCC3)nc2)n1. The summed E-state index contributed by atoms with van der Waals surface area (Å²) >= 11 is 0. The highest BCUT2D eigenvalue weighted by molar-refractivity contribution is 5.58. The van der Waals surface area contributed by atoms with E-state index in [0.29, 0.717) is 18.2 Å². The van der Waals surface area contributed by atoms with Crippen LogP contribution in [0, 0.1) is 6.92 Å². The second-order valence-electron chi connectivity index (χ2n) is 5.37. The first-order valence-corrected chi connectivity index (χ1v) is 7.76. The van der Waals surface area contributed by atoms with Gasteiger partial charge in [0.25, 0.3) is 0 Å². The molecule has 3 rings (SSSR count). The van der Waals surface area contributed by atoms with Crippen molar-refractivity contribution < 1.29 is 9.84 Å². The molecule has 122 valence electrons. The van der Waals surface area contributed by atoms with Crippen molar-refractivity contribution in [2.75, 3.05) is 49.7 Å². The topological polar surface area (TPSA) is 83.4 Å². The number of rotatable bonds is 5. The van der Waals surface area contributed by atoms with E-state index in [1.54, 1.807) is 6.20 Å². The van der Waals surface area contributed by atoms with E-state index in [1.807, 2.05) is 25.1 Å². The smallest absolute Gasteiger partial charge is 0.163 e. The highest BCUT2D eigenvalue weighted by Crippen LogP contribution is 2.20. The Balaban J connectivity index is 1.79. The first-order chi connectivity index (χ1) is 11.3. The molecule has 0 amide bonds. The Morgan fingerprint density at radius 1 is 1.26 bits per heavy atom. The molecule has 7 heteroatoms. The molecule has 3 heterocycles. The van der Waals surface area contributed by atoms with Gasteiger partial charge in [-0.2, -0.15) is 0 Å². The predicted molar refractivity (Wildman–Crippen MR) is 88.6 cm³/mol. The average molecular weight is 315 g/mol. The van der Waals surface area contributed by atoms with Gasteiger partial charge in [-0.15, -0.1) is 0 Å². The van der Waals surface area contributed by atoms with Gasteiger partial charge in [-0.1, -0.05) is 0 Å². The van der Waals surface area contributed by atoms with Crippen LogP contribution in [0.25, 0.3) is 11.4 Å². The normalized spacial score (nSPS) is 14.8. The largest absolute Gasteiger partial charge is 0.395 e. The molecule has 0 aliphatic carbocycles. The van der Waals surface area contributed by atoms with Gasteiger partial charge in [0.2, 0.25) is 0 Å². The second kappa shape index (κ2) is 7.34. The maximum absolute atomic E-state index is 8.91. The summed E-state index contributed by atoms with van der Waals surface area (Å²) in [4.78, 5) is 15.7. The minimum Gasteiger partial charge on any atom is -0.395 e. The number of hydrogen-bond donors (Lipinski definition) is 2. The maximum atomic E-state index is 8.91. The Kier molecular flexibility index (Phi) is 4.99. The summed E-state index contributed by atoms with van der Waals surface area (Å²) in [7, 11) is 0. The summed E-state index contributed by atoms with van der Waals surface area (Å²) < 4.78 is 5.36. The molecule has 2 aromatic heterocycles. The number of morpholine rings is 1. The Hall–Kier alpha value is -2.25. The van der Waals surface area contributed by atoms with E-state index in [0.717, 1.165) is 43.4 Å². The van der Waals surface area contributed by atoms with Crippen molar-refractivity contribution in [1.29, 1.82) is 0 Å². The molecule has 0 radical (unpaired) electrons. The molecule has 1 saturated heterocycles. The van der Waals surface area contributed by atoms with E-state index >= 15 is 0 Å². The van der Waals surface area contributed by atoms with Gasteiger partial charge >= 0.3 is 0 Å². The number of nitrogens with one attached hydrogen (secondary N) is 1. The highest BCUT2D eigenvalue weighted by atomic mass is 16.5. The molecule has 0 saturated carbocycles. The van der Waals surface area contributed by atoms with Crippen LogP contribution in [0.5, 0.6) is 0 Å². The Morgan fingerprint density at radius 2 is 2.09 bits per heavy atom. The van der Waals surface area contributed by atoms with Crippen LogP contribution < -0.4 is 10.2 Å². The van der Waals surface area contributed by atoms with Gasteiger partial charge in [0.15, 0.2) is 5.82 Å². The second-order valence-corrected chi connectivity index (χ2v) is 5.37. The van der Waals surface area contributed by atoms with Gasteiger partial charge < -0.3 is 20.1 Å². The monoisotopic (exact) mass is 315 g/mol. The number of hydrogen-bond acceptors (Lipinski definition) is 7. The third kappa shape index (κ3) is 3.94. The Bertz CT molecular complexity index is 641.